The molecule has 4 aromatic carbocycles. The van der Waals surface area contributed by atoms with Crippen LogP contribution in [-0.4, -0.2) is 60.3 Å². The first kappa shape index (κ1) is 32.4. The third-order valence-electron chi connectivity index (χ3n) is 14.6. The molecule has 2 saturated heterocycles. The molecule has 3 heteroatoms. The van der Waals surface area contributed by atoms with Gasteiger partial charge in [0, 0.05) is 25.2 Å². The normalized spacial score (nSPS) is 30.5. The van der Waals surface area contributed by atoms with Crippen molar-refractivity contribution in [2.24, 2.45) is 23.7 Å². The highest BCUT2D eigenvalue weighted by Crippen LogP contribution is 2.54. The van der Waals surface area contributed by atoms with Crippen LogP contribution in [0.4, 0.5) is 0 Å². The van der Waals surface area contributed by atoms with Crippen LogP contribution in [0.3, 0.4) is 0 Å². The number of allylic oxidation sites excluding steroid dienone is 2. The average Bonchev–Trinajstić information content (AvgIpc) is 4.02. The van der Waals surface area contributed by atoms with Crippen LogP contribution in [0.2, 0.25) is 0 Å². The third kappa shape index (κ3) is 5.83. The Bertz CT molecular complexity index is 1860. The van der Waals surface area contributed by atoms with E-state index < -0.39 is 0 Å². The number of hydrogen-bond donors (Lipinski definition) is 0. The molecule has 0 N–H and O–H groups in total. The van der Waals surface area contributed by atoms with Crippen molar-refractivity contribution in [3.63, 3.8) is 0 Å². The summed E-state index contributed by atoms with van der Waals surface area (Å²) < 4.78 is 7.14. The van der Waals surface area contributed by atoms with E-state index in [1.165, 1.54) is 110 Å². The first-order valence-electron chi connectivity index (χ1n) is 20.6. The van der Waals surface area contributed by atoms with E-state index in [2.05, 4.69) is 109 Å². The highest BCUT2D eigenvalue weighted by atomic mass is 16.5. The summed E-state index contributed by atoms with van der Waals surface area (Å²) in [5.74, 6) is 3.06. The largest absolute Gasteiger partial charge is 0.372 e. The topological polar surface area (TPSA) is 15.7 Å². The monoisotopic (exact) mass is 676 g/mol. The summed E-state index contributed by atoms with van der Waals surface area (Å²) in [6.07, 6.45) is 13.9. The van der Waals surface area contributed by atoms with Crippen LogP contribution in [0, 0.1) is 23.7 Å². The molecule has 4 aromatic rings. The number of nitrogens with zero attached hydrogens (tertiary/aromatic N) is 2. The maximum absolute atomic E-state index is 7.14. The molecule has 0 radical (unpaired) electrons. The van der Waals surface area contributed by atoms with E-state index in [-0.39, 0.29) is 12.2 Å². The Balaban J connectivity index is 0.847. The van der Waals surface area contributed by atoms with E-state index >= 15 is 0 Å². The molecule has 3 nitrogen and oxygen atoms in total. The van der Waals surface area contributed by atoms with Gasteiger partial charge in [0.25, 0.3) is 0 Å². The quantitative estimate of drug-likeness (QED) is 0.166. The molecule has 2 saturated carbocycles. The molecule has 10 rings (SSSR count). The molecular formula is C48H56N2O. The molecule has 0 aromatic heterocycles. The second-order valence-electron chi connectivity index (χ2n) is 17.3. The molecule has 6 unspecified atom stereocenters. The van der Waals surface area contributed by atoms with Crippen molar-refractivity contribution in [1.29, 1.82) is 0 Å². The molecule has 8 atom stereocenters. The summed E-state index contributed by atoms with van der Waals surface area (Å²) >= 11 is 0. The highest BCUT2D eigenvalue weighted by molar-refractivity contribution is 5.89. The number of fused-ring (bicyclic) bond motifs is 6. The maximum atomic E-state index is 7.14. The molecule has 4 fully saturated rings. The number of benzene rings is 4. The van der Waals surface area contributed by atoms with Crippen LogP contribution in [0.5, 0.6) is 0 Å². The van der Waals surface area contributed by atoms with Gasteiger partial charge in [0.05, 0.1) is 12.2 Å². The predicted molar refractivity (Wildman–Crippen MR) is 213 cm³/mol. The Labute approximate surface area is 305 Å². The van der Waals surface area contributed by atoms with E-state index in [0.29, 0.717) is 12.1 Å². The van der Waals surface area contributed by atoms with Crippen LogP contribution in [-0.2, 0) is 4.74 Å². The van der Waals surface area contributed by atoms with Crippen molar-refractivity contribution < 1.29 is 4.74 Å². The van der Waals surface area contributed by atoms with Gasteiger partial charge in [-0.15, -0.1) is 0 Å². The molecule has 4 aliphatic carbocycles. The number of likely N-dealkylation sites (tertiary alicyclic amines) is 2. The predicted octanol–water partition coefficient (Wildman–Crippen LogP) is 10.8. The van der Waals surface area contributed by atoms with Gasteiger partial charge in [-0.25, -0.2) is 0 Å². The zero-order chi connectivity index (χ0) is 34.1. The lowest BCUT2D eigenvalue weighted by Crippen LogP contribution is -2.46. The molecule has 6 aliphatic rings. The van der Waals surface area contributed by atoms with Gasteiger partial charge < -0.3 is 4.74 Å². The SMILES string of the molecule is CC(OC(C)[C@@H]1CCCN1CC1=C(c2ccc3ccccc3c2)C2CCC1C2)[C@@H]1CCCN1CC1=C(c2ccc3ccccc3c2)C2CCC1C2. The van der Waals surface area contributed by atoms with E-state index in [1.54, 1.807) is 22.3 Å². The van der Waals surface area contributed by atoms with Crippen molar-refractivity contribution in [3.05, 3.63) is 107 Å². The Morgan fingerprint density at radius 1 is 0.529 bits per heavy atom. The molecular weight excluding hydrogens is 621 g/mol. The molecule has 51 heavy (non-hydrogen) atoms. The maximum Gasteiger partial charge on any atom is 0.0706 e. The highest BCUT2D eigenvalue weighted by Gasteiger charge is 2.44. The smallest absolute Gasteiger partial charge is 0.0706 e. The van der Waals surface area contributed by atoms with Gasteiger partial charge in [-0.1, -0.05) is 72.8 Å². The Morgan fingerprint density at radius 2 is 0.961 bits per heavy atom. The summed E-state index contributed by atoms with van der Waals surface area (Å²) in [6, 6.07) is 33.3. The lowest BCUT2D eigenvalue weighted by molar-refractivity contribution is -0.0602. The zero-order valence-electron chi connectivity index (χ0n) is 30.9. The summed E-state index contributed by atoms with van der Waals surface area (Å²) in [5, 5.41) is 5.46. The van der Waals surface area contributed by atoms with Gasteiger partial charge in [0.15, 0.2) is 0 Å². The molecule has 0 amide bonds. The van der Waals surface area contributed by atoms with Crippen LogP contribution in [0.15, 0.2) is 96.1 Å². The minimum Gasteiger partial charge on any atom is -0.372 e. The first-order valence-corrected chi connectivity index (χ1v) is 20.6. The Kier molecular flexibility index (Phi) is 8.46. The molecule has 2 aliphatic heterocycles. The number of hydrogen-bond acceptors (Lipinski definition) is 3. The molecule has 0 spiro atoms. The lowest BCUT2D eigenvalue weighted by atomic mass is 9.86. The summed E-state index contributed by atoms with van der Waals surface area (Å²) in [6.45, 7) is 9.49. The average molecular weight is 677 g/mol. The first-order chi connectivity index (χ1) is 25.1. The van der Waals surface area contributed by atoms with Gasteiger partial charge in [-0.3, -0.25) is 9.80 Å². The fraction of sp³-hybridized carbons (Fsp3) is 0.500. The van der Waals surface area contributed by atoms with Crippen LogP contribution < -0.4 is 0 Å². The fourth-order valence-electron chi connectivity index (χ4n) is 12.2. The van der Waals surface area contributed by atoms with Crippen LogP contribution >= 0.6 is 0 Å². The Hall–Kier alpha value is -3.24. The van der Waals surface area contributed by atoms with Gasteiger partial charge in [-0.2, -0.15) is 0 Å². The molecule has 2 heterocycles. The summed E-state index contributed by atoms with van der Waals surface area (Å²) in [5.41, 5.74) is 9.89. The number of ether oxygens (including phenoxy) is 1. The van der Waals surface area contributed by atoms with Gasteiger partial charge in [-0.05, 0) is 182 Å². The number of rotatable bonds is 10. The molecule has 4 bridgehead atoms. The van der Waals surface area contributed by atoms with Crippen molar-refractivity contribution in [1.82, 2.24) is 9.80 Å². The molecule has 264 valence electrons. The van der Waals surface area contributed by atoms with E-state index in [4.69, 9.17) is 4.74 Å². The Morgan fingerprint density at radius 3 is 1.43 bits per heavy atom. The van der Waals surface area contributed by atoms with E-state index in [1.807, 2.05) is 0 Å². The van der Waals surface area contributed by atoms with Crippen molar-refractivity contribution >= 4 is 32.7 Å². The summed E-state index contributed by atoms with van der Waals surface area (Å²) in [4.78, 5) is 5.66. The minimum atomic E-state index is 0.253. The standard InChI is InChI=1S/C48H56N2O/c1-31(45-13-7-23-49(45)29-43-37-17-21-41(27-37)47(43)39-19-15-33-9-3-5-11-35(33)25-39)51-32(2)46-14-8-24-50(46)30-44-38-18-22-42(28-38)48(44)40-20-16-34-10-4-6-12-36(34)26-40/h3-6,9-12,15-16,19-20,25-26,31-32,37-38,41-42,45-46H,7-8,13-14,17-18,21-24,27-30H2,1-2H3/t31?,32?,37?,38?,41?,42?,45-,46-/m0/s1. The van der Waals surface area contributed by atoms with Crippen molar-refractivity contribution in [2.45, 2.75) is 102 Å². The third-order valence-corrected chi connectivity index (χ3v) is 14.6. The van der Waals surface area contributed by atoms with Gasteiger partial charge in [0.1, 0.15) is 0 Å². The second-order valence-corrected chi connectivity index (χ2v) is 17.3. The van der Waals surface area contributed by atoms with Gasteiger partial charge >= 0.3 is 0 Å². The van der Waals surface area contributed by atoms with Crippen LogP contribution in [0.25, 0.3) is 32.7 Å². The van der Waals surface area contributed by atoms with Gasteiger partial charge in [0.2, 0.25) is 0 Å². The lowest BCUT2D eigenvalue weighted by Gasteiger charge is -2.37. The summed E-state index contributed by atoms with van der Waals surface area (Å²) in [7, 11) is 0. The van der Waals surface area contributed by atoms with Crippen molar-refractivity contribution in [2.75, 3.05) is 26.2 Å². The van der Waals surface area contributed by atoms with Crippen LogP contribution in [0.1, 0.15) is 89.2 Å². The fourth-order valence-corrected chi connectivity index (χ4v) is 12.2. The second kappa shape index (κ2) is 13.3. The van der Waals surface area contributed by atoms with Crippen molar-refractivity contribution in [3.8, 4) is 0 Å². The van der Waals surface area contributed by atoms with E-state index in [0.717, 1.165) is 36.8 Å². The minimum absolute atomic E-state index is 0.253. The zero-order valence-corrected chi connectivity index (χ0v) is 30.9. The van der Waals surface area contributed by atoms with E-state index in [9.17, 15) is 0 Å².